The maximum absolute atomic E-state index is 12.1. The number of imide groups is 1. The average Bonchev–Trinajstić information content (AvgIpc) is 2.70. The van der Waals surface area contributed by atoms with E-state index in [9.17, 15) is 19.5 Å². The zero-order valence-electron chi connectivity index (χ0n) is 11.6. The fraction of sp³-hybridized carbons (Fsp3) is 0.214. The van der Waals surface area contributed by atoms with Crippen LogP contribution in [0, 0.1) is 6.92 Å². The number of nitrogens with zero attached hydrogens (tertiary/aromatic N) is 1. The molecule has 0 saturated heterocycles. The quantitative estimate of drug-likeness (QED) is 0.698. The van der Waals surface area contributed by atoms with Gasteiger partial charge < -0.3 is 15.5 Å². The number of β-amino-alcohol motifs (C(OH)–C–C–N with tert-alkyl or cyclic N) is 1. The summed E-state index contributed by atoms with van der Waals surface area (Å²) in [7, 11) is 0. The number of nitrogens with one attached hydrogen (secondary N) is 1. The van der Waals surface area contributed by atoms with Gasteiger partial charge in [-0.25, -0.2) is 4.79 Å². The molecule has 1 aromatic rings. The Balaban J connectivity index is 2.39. The lowest BCUT2D eigenvalue weighted by Gasteiger charge is -2.16. The van der Waals surface area contributed by atoms with Crippen molar-refractivity contribution in [3.63, 3.8) is 0 Å². The molecule has 0 bridgehead atoms. The summed E-state index contributed by atoms with van der Waals surface area (Å²) in [5.41, 5.74) is 0.469. The number of aliphatic hydroxyl groups is 1. The maximum Gasteiger partial charge on any atom is 0.339 e. The van der Waals surface area contributed by atoms with Gasteiger partial charge in [-0.1, -0.05) is 17.7 Å². The van der Waals surface area contributed by atoms with Gasteiger partial charge in [-0.3, -0.25) is 14.5 Å². The van der Waals surface area contributed by atoms with Crippen molar-refractivity contribution in [2.24, 2.45) is 0 Å². The Morgan fingerprint density at radius 2 is 2.05 bits per heavy atom. The molecule has 22 heavy (non-hydrogen) atoms. The van der Waals surface area contributed by atoms with Gasteiger partial charge >= 0.3 is 5.97 Å². The molecule has 1 aliphatic rings. The minimum Gasteiger partial charge on any atom is -0.478 e. The Morgan fingerprint density at radius 3 is 2.64 bits per heavy atom. The van der Waals surface area contributed by atoms with Crippen molar-refractivity contribution in [2.75, 3.05) is 18.5 Å². The number of aromatic carboxylic acids is 1. The first kappa shape index (κ1) is 16.0. The summed E-state index contributed by atoms with van der Waals surface area (Å²) in [5.74, 6) is -2.45. The van der Waals surface area contributed by atoms with Crippen LogP contribution >= 0.6 is 11.6 Å². The van der Waals surface area contributed by atoms with E-state index in [0.29, 0.717) is 5.56 Å². The third-order valence-electron chi connectivity index (χ3n) is 3.17. The van der Waals surface area contributed by atoms with Gasteiger partial charge in [0.05, 0.1) is 23.9 Å². The van der Waals surface area contributed by atoms with E-state index in [0.717, 1.165) is 11.0 Å². The van der Waals surface area contributed by atoms with Crippen LogP contribution in [0.4, 0.5) is 5.69 Å². The molecular formula is C14H13ClN2O5. The molecule has 0 saturated carbocycles. The van der Waals surface area contributed by atoms with E-state index in [4.69, 9.17) is 16.7 Å². The first-order valence-electron chi connectivity index (χ1n) is 6.34. The number of amides is 2. The summed E-state index contributed by atoms with van der Waals surface area (Å²) in [6, 6.07) is 3.05. The van der Waals surface area contributed by atoms with Crippen molar-refractivity contribution in [1.82, 2.24) is 4.90 Å². The summed E-state index contributed by atoms with van der Waals surface area (Å²) >= 11 is 5.89. The number of carbonyl (C=O) groups is 3. The van der Waals surface area contributed by atoms with Crippen molar-refractivity contribution in [3.8, 4) is 0 Å². The second-order valence-corrected chi connectivity index (χ2v) is 5.03. The highest BCUT2D eigenvalue weighted by Crippen LogP contribution is 2.30. The predicted octanol–water partition coefficient (Wildman–Crippen LogP) is 1.00. The number of hydrogen-bond acceptors (Lipinski definition) is 5. The fourth-order valence-corrected chi connectivity index (χ4v) is 2.33. The minimum absolute atomic E-state index is 0.0187. The summed E-state index contributed by atoms with van der Waals surface area (Å²) in [6.45, 7) is 1.17. The summed E-state index contributed by atoms with van der Waals surface area (Å²) in [5, 5.41) is 20.8. The van der Waals surface area contributed by atoms with Crippen molar-refractivity contribution in [2.45, 2.75) is 6.92 Å². The Bertz CT molecular complexity index is 699. The van der Waals surface area contributed by atoms with Crippen molar-refractivity contribution in [1.29, 1.82) is 0 Å². The van der Waals surface area contributed by atoms with Crippen LogP contribution < -0.4 is 5.32 Å². The molecule has 0 aromatic heterocycles. The summed E-state index contributed by atoms with van der Waals surface area (Å²) in [6.07, 6.45) is 1.06. The van der Waals surface area contributed by atoms with E-state index in [1.807, 2.05) is 0 Å². The van der Waals surface area contributed by atoms with E-state index in [1.165, 1.54) is 6.07 Å². The smallest absolute Gasteiger partial charge is 0.339 e. The second kappa shape index (κ2) is 6.17. The zero-order chi connectivity index (χ0) is 16.4. The Kier molecular flexibility index (Phi) is 4.48. The minimum atomic E-state index is -1.25. The van der Waals surface area contributed by atoms with Crippen molar-refractivity contribution < 1.29 is 24.6 Å². The highest BCUT2D eigenvalue weighted by Gasteiger charge is 2.31. The fourth-order valence-electron chi connectivity index (χ4n) is 2.10. The van der Waals surface area contributed by atoms with Crippen molar-refractivity contribution >= 4 is 35.1 Å². The van der Waals surface area contributed by atoms with E-state index in [-0.39, 0.29) is 35.1 Å². The lowest BCUT2D eigenvalue weighted by Crippen LogP contribution is -2.34. The van der Waals surface area contributed by atoms with Crippen LogP contribution in [0.1, 0.15) is 15.9 Å². The highest BCUT2D eigenvalue weighted by atomic mass is 35.5. The molecule has 3 N–H and O–H groups in total. The van der Waals surface area contributed by atoms with Gasteiger partial charge in [-0.2, -0.15) is 0 Å². The van der Waals surface area contributed by atoms with Crippen LogP contribution in [0.15, 0.2) is 23.9 Å². The monoisotopic (exact) mass is 324 g/mol. The molecule has 0 aliphatic carbocycles. The molecule has 1 heterocycles. The molecule has 1 aliphatic heterocycles. The number of carboxylic acids is 1. The molecule has 116 valence electrons. The lowest BCUT2D eigenvalue weighted by atomic mass is 10.1. The molecule has 1 aromatic carbocycles. The van der Waals surface area contributed by atoms with Gasteiger partial charge in [0.1, 0.15) is 11.3 Å². The summed E-state index contributed by atoms with van der Waals surface area (Å²) < 4.78 is 0. The molecule has 7 nitrogen and oxygen atoms in total. The second-order valence-electron chi connectivity index (χ2n) is 4.62. The third-order valence-corrected chi connectivity index (χ3v) is 3.48. The van der Waals surface area contributed by atoms with Gasteiger partial charge in [0, 0.05) is 6.08 Å². The number of carboxylic acid groups (broad SMARTS) is 1. The lowest BCUT2D eigenvalue weighted by molar-refractivity contribution is -0.137. The normalized spacial score (nSPS) is 14.3. The van der Waals surface area contributed by atoms with Crippen LogP contribution in [0.3, 0.4) is 0 Å². The number of aliphatic hydroxyl groups excluding tert-OH is 1. The topological polar surface area (TPSA) is 107 Å². The largest absolute Gasteiger partial charge is 0.478 e. The van der Waals surface area contributed by atoms with Crippen LogP contribution in [0.5, 0.6) is 0 Å². The van der Waals surface area contributed by atoms with Gasteiger partial charge in [0.15, 0.2) is 0 Å². The van der Waals surface area contributed by atoms with E-state index in [2.05, 4.69) is 5.32 Å². The molecular weight excluding hydrogens is 312 g/mol. The SMILES string of the molecule is Cc1ccc(Cl)c(C(=O)O)c1NC1=CC(=O)N(CCO)C1=O. The van der Waals surface area contributed by atoms with Gasteiger partial charge in [-0.05, 0) is 18.6 Å². The van der Waals surface area contributed by atoms with E-state index in [1.54, 1.807) is 13.0 Å². The number of carbonyl (C=O) groups excluding carboxylic acids is 2. The number of hydrogen-bond donors (Lipinski definition) is 3. The Labute approximate surface area is 130 Å². The molecule has 0 spiro atoms. The number of aryl methyl sites for hydroxylation is 1. The molecule has 0 atom stereocenters. The number of anilines is 1. The zero-order valence-corrected chi connectivity index (χ0v) is 12.3. The standard InChI is InChI=1S/C14H13ClN2O5/c1-7-2-3-8(15)11(14(21)22)12(7)16-9-6-10(19)17(4-5-18)13(9)20/h2-3,6,16,18H,4-5H2,1H3,(H,21,22). The molecule has 2 rings (SSSR count). The van der Waals surface area contributed by atoms with E-state index < -0.39 is 17.8 Å². The molecule has 0 unspecified atom stereocenters. The number of benzene rings is 1. The van der Waals surface area contributed by atoms with Gasteiger partial charge in [-0.15, -0.1) is 0 Å². The van der Waals surface area contributed by atoms with Crippen LogP contribution in [0.2, 0.25) is 5.02 Å². The first-order valence-corrected chi connectivity index (χ1v) is 6.72. The molecule has 0 fully saturated rings. The Hall–Kier alpha value is -2.38. The molecule has 2 amide bonds. The molecule has 8 heteroatoms. The first-order chi connectivity index (χ1) is 10.4. The van der Waals surface area contributed by atoms with Crippen molar-refractivity contribution in [3.05, 3.63) is 40.1 Å². The average molecular weight is 325 g/mol. The highest BCUT2D eigenvalue weighted by molar-refractivity contribution is 6.34. The predicted molar refractivity (Wildman–Crippen MR) is 78.7 cm³/mol. The van der Waals surface area contributed by atoms with Gasteiger partial charge in [0.2, 0.25) is 0 Å². The summed E-state index contributed by atoms with van der Waals surface area (Å²) in [4.78, 5) is 36.0. The Morgan fingerprint density at radius 1 is 1.36 bits per heavy atom. The third kappa shape index (κ3) is 2.81. The van der Waals surface area contributed by atoms with E-state index >= 15 is 0 Å². The van der Waals surface area contributed by atoms with Crippen LogP contribution in [0.25, 0.3) is 0 Å². The number of halogens is 1. The van der Waals surface area contributed by atoms with Crippen LogP contribution in [-0.4, -0.2) is 46.0 Å². The number of rotatable bonds is 5. The van der Waals surface area contributed by atoms with Crippen LogP contribution in [-0.2, 0) is 9.59 Å². The maximum atomic E-state index is 12.1. The van der Waals surface area contributed by atoms with Gasteiger partial charge in [0.25, 0.3) is 11.8 Å². The molecule has 0 radical (unpaired) electrons.